The normalized spacial score (nSPS) is 11.0. The Morgan fingerprint density at radius 2 is 1.69 bits per heavy atom. The van der Waals surface area contributed by atoms with Gasteiger partial charge in [0, 0.05) is 12.2 Å². The van der Waals surface area contributed by atoms with Crippen LogP contribution in [0.1, 0.15) is 57.1 Å². The van der Waals surface area contributed by atoms with Crippen LogP contribution in [0.2, 0.25) is 0 Å². The van der Waals surface area contributed by atoms with E-state index < -0.39 is 0 Å². The van der Waals surface area contributed by atoms with Crippen LogP contribution in [0.3, 0.4) is 0 Å². The van der Waals surface area contributed by atoms with Crippen LogP contribution < -0.4 is 0 Å². The number of rotatable bonds is 8. The fraction of sp³-hybridized carbons (Fsp3) is 0.429. The van der Waals surface area contributed by atoms with Crippen molar-refractivity contribution in [2.45, 2.75) is 40.7 Å². The number of likely N-dealkylation sites (N-methyl/N-ethyl adjacent to an activating group) is 1. The summed E-state index contributed by atoms with van der Waals surface area (Å²) in [4.78, 5) is 29.8. The predicted octanol–water partition coefficient (Wildman–Crippen LogP) is 3.69. The summed E-state index contributed by atoms with van der Waals surface area (Å²) >= 11 is 0. The van der Waals surface area contributed by atoms with Crippen LogP contribution in [0, 0.1) is 13.8 Å². The number of aromatic amines is 1. The Kier molecular flexibility index (Phi) is 6.75. The molecule has 2 aromatic rings. The lowest BCUT2D eigenvalue weighted by atomic mass is 10.1. The zero-order chi connectivity index (χ0) is 19.3. The first-order chi connectivity index (χ1) is 12.4. The number of benzene rings is 1. The van der Waals surface area contributed by atoms with Crippen LogP contribution >= 0.6 is 0 Å². The number of esters is 1. The summed E-state index contributed by atoms with van der Waals surface area (Å²) in [7, 11) is 1.92. The van der Waals surface area contributed by atoms with E-state index in [1.54, 1.807) is 20.8 Å². The minimum atomic E-state index is -0.387. The largest absolute Gasteiger partial charge is 0.462 e. The number of ketones is 1. The molecule has 1 aromatic carbocycles. The quantitative estimate of drug-likeness (QED) is 0.579. The van der Waals surface area contributed by atoms with Gasteiger partial charge in [0.15, 0.2) is 5.78 Å². The Labute approximate surface area is 155 Å². The highest BCUT2D eigenvalue weighted by molar-refractivity contribution is 6.02. The van der Waals surface area contributed by atoms with E-state index in [1.807, 2.05) is 11.9 Å². The van der Waals surface area contributed by atoms with E-state index in [-0.39, 0.29) is 18.3 Å². The van der Waals surface area contributed by atoms with Gasteiger partial charge in [-0.3, -0.25) is 9.69 Å². The Hall–Kier alpha value is -2.40. The summed E-state index contributed by atoms with van der Waals surface area (Å²) in [5, 5.41) is 0. The van der Waals surface area contributed by atoms with Gasteiger partial charge < -0.3 is 9.72 Å². The molecule has 1 aromatic heterocycles. The van der Waals surface area contributed by atoms with Gasteiger partial charge in [-0.1, -0.05) is 31.2 Å². The second-order valence-electron chi connectivity index (χ2n) is 6.61. The number of H-pyrrole nitrogens is 1. The highest BCUT2D eigenvalue weighted by atomic mass is 16.5. The number of aryl methyl sites for hydroxylation is 2. The fourth-order valence-corrected chi connectivity index (χ4v) is 3.11. The number of hydrogen-bond donors (Lipinski definition) is 1. The maximum Gasteiger partial charge on any atom is 0.340 e. The summed E-state index contributed by atoms with van der Waals surface area (Å²) < 4.78 is 5.08. The van der Waals surface area contributed by atoms with E-state index in [9.17, 15) is 9.59 Å². The van der Waals surface area contributed by atoms with Gasteiger partial charge in [0.05, 0.1) is 24.4 Å². The number of nitrogens with zero attached hydrogens (tertiary/aromatic N) is 1. The van der Waals surface area contributed by atoms with E-state index >= 15 is 0 Å². The molecule has 0 fully saturated rings. The molecule has 0 aliphatic heterocycles. The van der Waals surface area contributed by atoms with Crippen molar-refractivity contribution in [1.82, 2.24) is 9.88 Å². The van der Waals surface area contributed by atoms with Crippen molar-refractivity contribution in [2.75, 3.05) is 20.2 Å². The van der Waals surface area contributed by atoms with E-state index in [0.717, 1.165) is 6.42 Å². The molecule has 5 nitrogen and oxygen atoms in total. The molecule has 0 unspecified atom stereocenters. The molecule has 0 atom stereocenters. The number of aromatic nitrogens is 1. The standard InChI is InChI=1S/C21H28N2O3/c1-6-16-8-10-17(11-9-16)12-23(5)13-18(24)20-14(3)19(15(4)22-20)21(25)26-7-2/h8-11,22H,6-7,12-13H2,1-5H3. The third-order valence-corrected chi connectivity index (χ3v) is 4.49. The van der Waals surface area contributed by atoms with Crippen molar-refractivity contribution in [2.24, 2.45) is 0 Å². The van der Waals surface area contributed by atoms with Crippen LogP contribution in [-0.4, -0.2) is 41.8 Å². The summed E-state index contributed by atoms with van der Waals surface area (Å²) in [5.74, 6) is -0.420. The molecular formula is C21H28N2O3. The topological polar surface area (TPSA) is 62.4 Å². The van der Waals surface area contributed by atoms with Crippen LogP contribution in [-0.2, 0) is 17.7 Å². The smallest absolute Gasteiger partial charge is 0.340 e. The monoisotopic (exact) mass is 356 g/mol. The average Bonchev–Trinajstić information content (AvgIpc) is 2.90. The Morgan fingerprint density at radius 1 is 1.08 bits per heavy atom. The Morgan fingerprint density at radius 3 is 2.27 bits per heavy atom. The molecule has 0 amide bonds. The molecule has 0 aliphatic rings. The molecule has 26 heavy (non-hydrogen) atoms. The average molecular weight is 356 g/mol. The molecule has 2 rings (SSSR count). The second-order valence-corrected chi connectivity index (χ2v) is 6.61. The van der Waals surface area contributed by atoms with Gasteiger partial charge in [-0.2, -0.15) is 0 Å². The number of Topliss-reactive ketones (excluding diaryl/α,β-unsaturated/α-hetero) is 1. The molecule has 1 heterocycles. The van der Waals surface area contributed by atoms with Gasteiger partial charge >= 0.3 is 5.97 Å². The molecule has 5 heteroatoms. The molecular weight excluding hydrogens is 328 g/mol. The zero-order valence-electron chi connectivity index (χ0n) is 16.3. The number of nitrogens with one attached hydrogen (secondary N) is 1. The lowest BCUT2D eigenvalue weighted by Gasteiger charge is -2.16. The first kappa shape index (κ1) is 19.9. The molecule has 0 bridgehead atoms. The number of ether oxygens (including phenoxy) is 1. The molecule has 1 N–H and O–H groups in total. The van der Waals surface area contributed by atoms with Crippen LogP contribution in [0.5, 0.6) is 0 Å². The zero-order valence-corrected chi connectivity index (χ0v) is 16.3. The molecule has 0 radical (unpaired) electrons. The second kappa shape index (κ2) is 8.81. The van der Waals surface area contributed by atoms with E-state index in [4.69, 9.17) is 4.74 Å². The fourth-order valence-electron chi connectivity index (χ4n) is 3.11. The molecule has 140 valence electrons. The molecule has 0 saturated heterocycles. The van der Waals surface area contributed by atoms with Crippen LogP contribution in [0.4, 0.5) is 0 Å². The number of hydrogen-bond acceptors (Lipinski definition) is 4. The van der Waals surface area contributed by atoms with Crippen LogP contribution in [0.15, 0.2) is 24.3 Å². The minimum Gasteiger partial charge on any atom is -0.462 e. The maximum absolute atomic E-state index is 12.7. The van der Waals surface area contributed by atoms with Crippen molar-refractivity contribution in [3.8, 4) is 0 Å². The summed E-state index contributed by atoms with van der Waals surface area (Å²) in [5.41, 5.74) is 4.75. The highest BCUT2D eigenvalue weighted by Crippen LogP contribution is 2.20. The highest BCUT2D eigenvalue weighted by Gasteiger charge is 2.23. The molecule has 0 aliphatic carbocycles. The summed E-state index contributed by atoms with van der Waals surface area (Å²) in [6.45, 7) is 8.75. The summed E-state index contributed by atoms with van der Waals surface area (Å²) in [6.07, 6.45) is 1.02. The summed E-state index contributed by atoms with van der Waals surface area (Å²) in [6, 6.07) is 8.44. The lowest BCUT2D eigenvalue weighted by Crippen LogP contribution is -2.26. The Bertz CT molecular complexity index is 775. The van der Waals surface area contributed by atoms with Gasteiger partial charge in [0.1, 0.15) is 0 Å². The van der Waals surface area contributed by atoms with Gasteiger partial charge in [0.2, 0.25) is 0 Å². The third kappa shape index (κ3) is 4.61. The van der Waals surface area contributed by atoms with Crippen molar-refractivity contribution in [1.29, 1.82) is 0 Å². The number of carbonyl (C=O) groups is 2. The van der Waals surface area contributed by atoms with Crippen molar-refractivity contribution >= 4 is 11.8 Å². The van der Waals surface area contributed by atoms with Gasteiger partial charge in [0.25, 0.3) is 0 Å². The first-order valence-electron chi connectivity index (χ1n) is 9.03. The lowest BCUT2D eigenvalue weighted by molar-refractivity contribution is 0.0525. The Balaban J connectivity index is 2.06. The predicted molar refractivity (Wildman–Crippen MR) is 103 cm³/mol. The first-order valence-corrected chi connectivity index (χ1v) is 9.03. The minimum absolute atomic E-state index is 0.0335. The SMILES string of the molecule is CCOC(=O)c1c(C)[nH]c(C(=O)CN(C)Cc2ccc(CC)cc2)c1C. The maximum atomic E-state index is 12.7. The van der Waals surface area contributed by atoms with Gasteiger partial charge in [-0.05, 0) is 50.9 Å². The van der Waals surface area contributed by atoms with Gasteiger partial charge in [-0.15, -0.1) is 0 Å². The third-order valence-electron chi connectivity index (χ3n) is 4.49. The molecule has 0 saturated carbocycles. The van der Waals surface area contributed by atoms with E-state index in [1.165, 1.54) is 11.1 Å². The van der Waals surface area contributed by atoms with Gasteiger partial charge in [-0.25, -0.2) is 4.79 Å². The number of carbonyl (C=O) groups excluding carboxylic acids is 2. The van der Waals surface area contributed by atoms with Crippen molar-refractivity contribution < 1.29 is 14.3 Å². The van der Waals surface area contributed by atoms with Crippen LogP contribution in [0.25, 0.3) is 0 Å². The molecule has 0 spiro atoms. The van der Waals surface area contributed by atoms with Crippen molar-refractivity contribution in [3.63, 3.8) is 0 Å². The van der Waals surface area contributed by atoms with E-state index in [2.05, 4.69) is 36.2 Å². The van der Waals surface area contributed by atoms with E-state index in [0.29, 0.717) is 35.7 Å². The van der Waals surface area contributed by atoms with Crippen molar-refractivity contribution in [3.05, 3.63) is 57.9 Å².